The number of nitrogens with zero attached hydrogens (tertiary/aromatic N) is 2. The minimum Gasteiger partial charge on any atom is -0.282 e. The number of rotatable bonds is 6. The molecule has 0 aliphatic carbocycles. The van der Waals surface area contributed by atoms with Crippen LogP contribution in [0.15, 0.2) is 60.7 Å². The summed E-state index contributed by atoms with van der Waals surface area (Å²) in [5.74, 6) is 0. The zero-order chi connectivity index (χ0) is 15.1. The summed E-state index contributed by atoms with van der Waals surface area (Å²) < 4.78 is 0. The molecule has 0 fully saturated rings. The van der Waals surface area contributed by atoms with E-state index in [9.17, 15) is 0 Å². The first-order valence-electron chi connectivity index (χ1n) is 7.06. The molecule has 2 aromatic carbocycles. The minimum absolute atomic E-state index is 0.0777. The Morgan fingerprint density at radius 3 is 2.19 bits per heavy atom. The van der Waals surface area contributed by atoms with Gasteiger partial charge in [-0.3, -0.25) is 4.90 Å². The highest BCUT2D eigenvalue weighted by Crippen LogP contribution is 2.28. The molecule has 108 valence electrons. The summed E-state index contributed by atoms with van der Waals surface area (Å²) in [5, 5.41) is 8.95. The molecule has 0 unspecified atom stereocenters. The molecular weight excluding hydrogens is 280 g/mol. The van der Waals surface area contributed by atoms with E-state index in [-0.39, 0.29) is 11.4 Å². The number of nitriles is 1. The van der Waals surface area contributed by atoms with Crippen LogP contribution in [0.1, 0.15) is 23.4 Å². The van der Waals surface area contributed by atoms with Crippen LogP contribution in [0.2, 0.25) is 0 Å². The minimum atomic E-state index is -0.136. The van der Waals surface area contributed by atoms with Gasteiger partial charge < -0.3 is 0 Å². The van der Waals surface area contributed by atoms with Crippen molar-refractivity contribution in [2.24, 2.45) is 0 Å². The summed E-state index contributed by atoms with van der Waals surface area (Å²) in [6.07, 6.45) is 0. The van der Waals surface area contributed by atoms with Gasteiger partial charge in [0, 0.05) is 12.6 Å². The summed E-state index contributed by atoms with van der Waals surface area (Å²) in [5.41, 5.74) is 2.28. The molecule has 0 spiro atoms. The van der Waals surface area contributed by atoms with Crippen molar-refractivity contribution in [1.29, 1.82) is 5.26 Å². The summed E-state index contributed by atoms with van der Waals surface area (Å²) in [4.78, 5) is 2.11. The normalized spacial score (nSPS) is 13.6. The van der Waals surface area contributed by atoms with Crippen molar-refractivity contribution in [2.75, 3.05) is 6.54 Å². The fraction of sp³-hybridized carbons (Fsp3) is 0.278. The molecule has 2 aromatic rings. The van der Waals surface area contributed by atoms with Gasteiger partial charge in [-0.15, -0.1) is 11.6 Å². The fourth-order valence-electron chi connectivity index (χ4n) is 2.35. The molecular formula is C18H19ClN2. The zero-order valence-electron chi connectivity index (χ0n) is 12.1. The molecule has 0 heterocycles. The third-order valence-corrected chi connectivity index (χ3v) is 4.24. The van der Waals surface area contributed by atoms with E-state index in [1.54, 1.807) is 0 Å². The molecule has 2 nitrogen and oxygen atoms in total. The molecule has 0 bridgehead atoms. The molecule has 0 radical (unpaired) electrons. The summed E-state index contributed by atoms with van der Waals surface area (Å²) in [6.45, 7) is 3.17. The smallest absolute Gasteiger partial charge is 0.0871 e. The Hall–Kier alpha value is -1.82. The predicted molar refractivity (Wildman–Crippen MR) is 87.0 cm³/mol. The van der Waals surface area contributed by atoms with E-state index in [0.29, 0.717) is 6.54 Å². The van der Waals surface area contributed by atoms with E-state index in [1.807, 2.05) is 48.5 Å². The van der Waals surface area contributed by atoms with E-state index in [2.05, 4.69) is 30.0 Å². The molecule has 0 saturated carbocycles. The fourth-order valence-corrected chi connectivity index (χ4v) is 2.66. The van der Waals surface area contributed by atoms with Crippen LogP contribution in [-0.2, 0) is 6.54 Å². The van der Waals surface area contributed by atoms with E-state index in [0.717, 1.165) is 12.1 Å². The molecule has 0 aliphatic rings. The molecule has 0 amide bonds. The van der Waals surface area contributed by atoms with E-state index in [4.69, 9.17) is 16.9 Å². The van der Waals surface area contributed by atoms with Crippen molar-refractivity contribution in [3.8, 4) is 6.07 Å². The Balaban J connectivity index is 2.12. The van der Waals surface area contributed by atoms with Gasteiger partial charge in [0.1, 0.15) is 0 Å². The molecule has 0 saturated heterocycles. The van der Waals surface area contributed by atoms with Gasteiger partial charge in [0.05, 0.1) is 18.0 Å². The Labute approximate surface area is 131 Å². The Bertz CT molecular complexity index is 577. The summed E-state index contributed by atoms with van der Waals surface area (Å²) >= 11 is 6.60. The number of hydrogen-bond donors (Lipinski definition) is 0. The van der Waals surface area contributed by atoms with Crippen molar-refractivity contribution in [1.82, 2.24) is 4.90 Å². The van der Waals surface area contributed by atoms with Crippen LogP contribution >= 0.6 is 11.6 Å². The lowest BCUT2D eigenvalue weighted by molar-refractivity contribution is 0.219. The predicted octanol–water partition coefficient (Wildman–Crippen LogP) is 4.38. The van der Waals surface area contributed by atoms with Gasteiger partial charge in [0.25, 0.3) is 0 Å². The largest absolute Gasteiger partial charge is 0.282 e. The lowest BCUT2D eigenvalue weighted by Crippen LogP contribution is -2.35. The molecule has 0 N–H and O–H groups in total. The van der Waals surface area contributed by atoms with Crippen LogP contribution < -0.4 is 0 Å². The lowest BCUT2D eigenvalue weighted by atomic mass is 10.0. The van der Waals surface area contributed by atoms with E-state index in [1.165, 1.54) is 5.56 Å². The monoisotopic (exact) mass is 298 g/mol. The van der Waals surface area contributed by atoms with Crippen molar-refractivity contribution < 1.29 is 0 Å². The maximum Gasteiger partial charge on any atom is 0.0871 e. The summed E-state index contributed by atoms with van der Waals surface area (Å²) in [7, 11) is 0. The van der Waals surface area contributed by atoms with E-state index < -0.39 is 0 Å². The second-order valence-electron chi connectivity index (χ2n) is 5.10. The van der Waals surface area contributed by atoms with Gasteiger partial charge in [0.2, 0.25) is 0 Å². The van der Waals surface area contributed by atoms with Gasteiger partial charge in [-0.05, 0) is 18.1 Å². The molecule has 0 aliphatic heterocycles. The number of benzene rings is 2. The number of halogens is 1. The average molecular weight is 299 g/mol. The van der Waals surface area contributed by atoms with Gasteiger partial charge in [0.15, 0.2) is 0 Å². The van der Waals surface area contributed by atoms with Gasteiger partial charge in [-0.2, -0.15) is 5.26 Å². The van der Waals surface area contributed by atoms with Crippen molar-refractivity contribution in [3.63, 3.8) is 0 Å². The van der Waals surface area contributed by atoms with Gasteiger partial charge >= 0.3 is 0 Å². The Kier molecular flexibility index (Phi) is 5.80. The van der Waals surface area contributed by atoms with Crippen LogP contribution in [0.3, 0.4) is 0 Å². The van der Waals surface area contributed by atoms with Crippen LogP contribution in [0.25, 0.3) is 0 Å². The van der Waals surface area contributed by atoms with E-state index >= 15 is 0 Å². The Morgan fingerprint density at radius 2 is 1.62 bits per heavy atom. The zero-order valence-corrected chi connectivity index (χ0v) is 12.9. The quantitative estimate of drug-likeness (QED) is 0.584. The van der Waals surface area contributed by atoms with Gasteiger partial charge in [-0.1, -0.05) is 60.7 Å². The topological polar surface area (TPSA) is 27.0 Å². The molecule has 2 atom stereocenters. The van der Waals surface area contributed by atoms with Crippen LogP contribution in [-0.4, -0.2) is 17.5 Å². The number of alkyl halides is 1. The third kappa shape index (κ3) is 4.32. The molecule has 3 heteroatoms. The highest BCUT2D eigenvalue weighted by atomic mass is 35.5. The SMILES string of the molecule is C[C@@H]([C@H](Cl)c1ccccc1)N(CC#N)Cc1ccccc1. The van der Waals surface area contributed by atoms with Crippen molar-refractivity contribution >= 4 is 11.6 Å². The average Bonchev–Trinajstić information content (AvgIpc) is 2.55. The highest BCUT2D eigenvalue weighted by molar-refractivity contribution is 6.21. The summed E-state index contributed by atoms with van der Waals surface area (Å²) in [6, 6.07) is 22.5. The first-order chi connectivity index (χ1) is 10.2. The Morgan fingerprint density at radius 1 is 1.05 bits per heavy atom. The maximum atomic E-state index is 9.08. The highest BCUT2D eigenvalue weighted by Gasteiger charge is 2.23. The second-order valence-corrected chi connectivity index (χ2v) is 5.57. The van der Waals surface area contributed by atoms with Crippen LogP contribution in [0, 0.1) is 11.3 Å². The van der Waals surface area contributed by atoms with Crippen LogP contribution in [0.4, 0.5) is 0 Å². The van der Waals surface area contributed by atoms with Crippen LogP contribution in [0.5, 0.6) is 0 Å². The second kappa shape index (κ2) is 7.83. The first kappa shape index (κ1) is 15.6. The van der Waals surface area contributed by atoms with Crippen molar-refractivity contribution in [2.45, 2.75) is 24.9 Å². The standard InChI is InChI=1S/C18H19ClN2/c1-15(18(19)17-10-6-3-7-11-17)21(13-12-20)14-16-8-4-2-5-9-16/h2-11,15,18H,13-14H2,1H3/t15-,18-/m0/s1. The van der Waals surface area contributed by atoms with Gasteiger partial charge in [-0.25, -0.2) is 0 Å². The molecule has 2 rings (SSSR count). The third-order valence-electron chi connectivity index (χ3n) is 3.62. The maximum absolute atomic E-state index is 9.08. The number of hydrogen-bond acceptors (Lipinski definition) is 2. The molecule has 0 aromatic heterocycles. The van der Waals surface area contributed by atoms with Crippen molar-refractivity contribution in [3.05, 3.63) is 71.8 Å². The first-order valence-corrected chi connectivity index (χ1v) is 7.50. The molecule has 21 heavy (non-hydrogen) atoms. The lowest BCUT2D eigenvalue weighted by Gasteiger charge is -2.30.